The molecule has 4 heteroatoms. The molecule has 0 atom stereocenters. The Kier molecular flexibility index (Phi) is 6.20. The molecule has 3 nitrogen and oxygen atoms in total. The summed E-state index contributed by atoms with van der Waals surface area (Å²) in [6.07, 6.45) is 0. The fourth-order valence-electron chi connectivity index (χ4n) is 3.22. The molecule has 0 aliphatic rings. The molecule has 3 rings (SSSR count). The number of benzene rings is 3. The zero-order chi connectivity index (χ0) is 20.9. The number of hydrogen-bond acceptors (Lipinski definition) is 3. The standard InChI is InChI=1S/C25H25O3P/c1-25(2,3)28-24(27)23(26)19-29(20-13-7-4-8-14-20,21-15-9-5-10-16-21)22-17-11-6-12-18-22/h4-19H,1-3H3. The van der Waals surface area contributed by atoms with E-state index in [1.54, 1.807) is 26.6 Å². The van der Waals surface area contributed by atoms with E-state index in [0.29, 0.717) is 0 Å². The van der Waals surface area contributed by atoms with Crippen molar-refractivity contribution >= 4 is 40.3 Å². The first kappa shape index (κ1) is 20.8. The molecule has 0 heterocycles. The minimum atomic E-state index is -2.50. The van der Waals surface area contributed by atoms with Crippen molar-refractivity contribution in [2.75, 3.05) is 0 Å². The average molecular weight is 404 g/mol. The average Bonchev–Trinajstić information content (AvgIpc) is 2.72. The first-order valence-corrected chi connectivity index (χ1v) is 11.4. The highest BCUT2D eigenvalue weighted by Gasteiger charge is 2.29. The molecule has 3 aromatic carbocycles. The lowest BCUT2D eigenvalue weighted by atomic mass is 10.2. The van der Waals surface area contributed by atoms with Gasteiger partial charge in [-0.25, -0.2) is 4.79 Å². The second-order valence-electron chi connectivity index (χ2n) is 7.72. The fraction of sp³-hybridized carbons (Fsp3) is 0.160. The third kappa shape index (κ3) is 4.75. The van der Waals surface area contributed by atoms with Crippen LogP contribution in [-0.4, -0.2) is 23.2 Å². The molecule has 0 aliphatic carbocycles. The van der Waals surface area contributed by atoms with Crippen LogP contribution in [0.4, 0.5) is 0 Å². The van der Waals surface area contributed by atoms with Crippen LogP contribution in [0.2, 0.25) is 0 Å². The van der Waals surface area contributed by atoms with Crippen LogP contribution in [0.5, 0.6) is 0 Å². The van der Waals surface area contributed by atoms with E-state index in [-0.39, 0.29) is 0 Å². The number of hydrogen-bond donors (Lipinski definition) is 0. The van der Waals surface area contributed by atoms with E-state index < -0.39 is 24.2 Å². The maximum atomic E-state index is 13.1. The third-order valence-electron chi connectivity index (χ3n) is 4.40. The van der Waals surface area contributed by atoms with Crippen LogP contribution >= 0.6 is 6.89 Å². The summed E-state index contributed by atoms with van der Waals surface area (Å²) < 4.78 is 5.35. The Bertz CT molecular complexity index is 930. The zero-order valence-corrected chi connectivity index (χ0v) is 17.8. The van der Waals surface area contributed by atoms with Gasteiger partial charge >= 0.3 is 5.97 Å². The largest absolute Gasteiger partial charge is 0.454 e. The van der Waals surface area contributed by atoms with Crippen LogP contribution in [0.25, 0.3) is 0 Å². The van der Waals surface area contributed by atoms with Crippen LogP contribution in [0, 0.1) is 0 Å². The molecule has 0 unspecified atom stereocenters. The summed E-state index contributed by atoms with van der Waals surface area (Å²) in [6.45, 7) is 2.76. The minimum Gasteiger partial charge on any atom is -0.454 e. The van der Waals surface area contributed by atoms with E-state index in [9.17, 15) is 9.59 Å². The van der Waals surface area contributed by atoms with Crippen LogP contribution in [0.3, 0.4) is 0 Å². The lowest BCUT2D eigenvalue weighted by molar-refractivity contribution is -0.159. The van der Waals surface area contributed by atoms with E-state index in [1.165, 1.54) is 0 Å². The van der Waals surface area contributed by atoms with Gasteiger partial charge < -0.3 is 4.74 Å². The van der Waals surface area contributed by atoms with Gasteiger partial charge in [-0.1, -0.05) is 91.0 Å². The van der Waals surface area contributed by atoms with Gasteiger partial charge in [-0.3, -0.25) is 4.79 Å². The van der Waals surface area contributed by atoms with Crippen LogP contribution < -0.4 is 15.9 Å². The number of Topliss-reactive ketones (excluding diaryl/α,β-unsaturated/α-hetero) is 1. The summed E-state index contributed by atoms with van der Waals surface area (Å²) >= 11 is 0. The molecule has 3 aromatic rings. The Morgan fingerprint density at radius 1 is 0.690 bits per heavy atom. The van der Waals surface area contributed by atoms with E-state index in [1.807, 2.05) is 91.0 Å². The van der Waals surface area contributed by atoms with Crippen LogP contribution in [-0.2, 0) is 14.3 Å². The number of rotatable bonds is 5. The Morgan fingerprint density at radius 2 is 1.03 bits per heavy atom. The lowest BCUT2D eigenvalue weighted by Crippen LogP contribution is -2.33. The van der Waals surface area contributed by atoms with Gasteiger partial charge in [-0.15, -0.1) is 0 Å². The summed E-state index contributed by atoms with van der Waals surface area (Å²) in [5.41, 5.74) is -0.728. The van der Waals surface area contributed by atoms with Gasteiger partial charge in [-0.05, 0) is 43.6 Å². The monoisotopic (exact) mass is 404 g/mol. The van der Waals surface area contributed by atoms with Crippen molar-refractivity contribution in [1.82, 2.24) is 0 Å². The number of ketones is 1. The first-order valence-electron chi connectivity index (χ1n) is 9.52. The molecule has 0 spiro atoms. The van der Waals surface area contributed by atoms with Crippen molar-refractivity contribution < 1.29 is 14.3 Å². The lowest BCUT2D eigenvalue weighted by Gasteiger charge is -2.28. The molecule has 148 valence electrons. The molecule has 0 aliphatic heterocycles. The Hall–Kier alpha value is -2.90. The summed E-state index contributed by atoms with van der Waals surface area (Å²) in [5.74, 6) is 0.149. The van der Waals surface area contributed by atoms with Gasteiger partial charge in [0.15, 0.2) is 0 Å². The predicted molar refractivity (Wildman–Crippen MR) is 122 cm³/mol. The summed E-state index contributed by atoms with van der Waals surface area (Å²) in [4.78, 5) is 25.6. The van der Waals surface area contributed by atoms with Crippen molar-refractivity contribution in [3.8, 4) is 0 Å². The van der Waals surface area contributed by atoms with Gasteiger partial charge in [0.25, 0.3) is 5.78 Å². The van der Waals surface area contributed by atoms with Crippen molar-refractivity contribution in [1.29, 1.82) is 0 Å². The molecular weight excluding hydrogens is 379 g/mol. The topological polar surface area (TPSA) is 43.4 Å². The second kappa shape index (κ2) is 8.63. The van der Waals surface area contributed by atoms with Crippen molar-refractivity contribution in [3.05, 3.63) is 91.0 Å². The van der Waals surface area contributed by atoms with Crippen molar-refractivity contribution in [3.63, 3.8) is 0 Å². The summed E-state index contributed by atoms with van der Waals surface area (Å²) in [6, 6.07) is 29.7. The molecule has 29 heavy (non-hydrogen) atoms. The minimum absolute atomic E-state index is 0.621. The van der Waals surface area contributed by atoms with E-state index in [0.717, 1.165) is 15.9 Å². The quantitative estimate of drug-likeness (QED) is 0.370. The highest BCUT2D eigenvalue weighted by atomic mass is 31.2. The summed E-state index contributed by atoms with van der Waals surface area (Å²) in [5, 5.41) is 3.03. The number of carbonyl (C=O) groups excluding carboxylic acids is 2. The normalized spacial score (nSPS) is 11.6. The smallest absolute Gasteiger partial charge is 0.379 e. The van der Waals surface area contributed by atoms with Gasteiger partial charge in [0.1, 0.15) is 5.60 Å². The highest BCUT2D eigenvalue weighted by molar-refractivity contribution is 7.95. The van der Waals surface area contributed by atoms with Gasteiger partial charge in [-0.2, -0.15) is 0 Å². The molecule has 0 fully saturated rings. The molecule has 0 radical (unpaired) electrons. The molecule has 0 N–H and O–H groups in total. The molecule has 0 saturated carbocycles. The number of ether oxygens (including phenoxy) is 1. The number of carbonyl (C=O) groups is 2. The van der Waals surface area contributed by atoms with E-state index >= 15 is 0 Å². The molecular formula is C25H25O3P. The van der Waals surface area contributed by atoms with Gasteiger partial charge in [0.05, 0.1) is 0 Å². The third-order valence-corrected chi connectivity index (χ3v) is 8.36. The maximum absolute atomic E-state index is 13.1. The van der Waals surface area contributed by atoms with Gasteiger partial charge in [0.2, 0.25) is 0 Å². The van der Waals surface area contributed by atoms with Crippen molar-refractivity contribution in [2.24, 2.45) is 0 Å². The molecule has 0 saturated heterocycles. The zero-order valence-electron chi connectivity index (χ0n) is 16.9. The molecule has 0 bridgehead atoms. The van der Waals surface area contributed by atoms with Gasteiger partial charge in [0, 0.05) is 5.80 Å². The number of esters is 1. The Balaban J connectivity index is 2.31. The Labute approximate surface area is 172 Å². The maximum Gasteiger partial charge on any atom is 0.379 e. The van der Waals surface area contributed by atoms with Crippen LogP contribution in [0.15, 0.2) is 91.0 Å². The molecule has 0 amide bonds. The summed E-state index contributed by atoms with van der Waals surface area (Å²) in [7, 11) is 0. The van der Waals surface area contributed by atoms with Crippen molar-refractivity contribution in [2.45, 2.75) is 26.4 Å². The fourth-order valence-corrected chi connectivity index (χ4v) is 6.94. The Morgan fingerprint density at radius 3 is 1.34 bits per heavy atom. The first-order chi connectivity index (χ1) is 13.8. The second-order valence-corrected chi connectivity index (χ2v) is 11.0. The SMILES string of the molecule is CC(C)(C)OC(=O)C(=O)C=P(c1ccccc1)(c1ccccc1)c1ccccc1. The van der Waals surface area contributed by atoms with E-state index in [4.69, 9.17) is 4.74 Å². The predicted octanol–water partition coefficient (Wildman–Crippen LogP) is 3.69. The highest BCUT2D eigenvalue weighted by Crippen LogP contribution is 2.43. The van der Waals surface area contributed by atoms with E-state index in [2.05, 4.69) is 0 Å². The van der Waals surface area contributed by atoms with Crippen LogP contribution in [0.1, 0.15) is 20.8 Å². The molecule has 0 aromatic heterocycles.